The molecule has 1 aromatic carbocycles. The highest BCUT2D eigenvalue weighted by atomic mass is 32.2. The minimum Gasteiger partial charge on any atom is -0.384 e. The van der Waals surface area contributed by atoms with Crippen molar-refractivity contribution in [3.8, 4) is 0 Å². The van der Waals surface area contributed by atoms with Crippen LogP contribution in [-0.4, -0.2) is 32.7 Å². The summed E-state index contributed by atoms with van der Waals surface area (Å²) in [4.78, 5) is 0. The molecule has 1 heterocycles. The summed E-state index contributed by atoms with van der Waals surface area (Å²) in [6, 6.07) is 6.38. The number of nitrogen functional groups attached to an aromatic ring is 1. The van der Waals surface area contributed by atoms with Crippen LogP contribution in [0.1, 0.15) is 18.4 Å². The highest BCUT2D eigenvalue weighted by Crippen LogP contribution is 2.16. The second kappa shape index (κ2) is 5.58. The Kier molecular flexibility index (Phi) is 4.06. The third-order valence-corrected chi connectivity index (χ3v) is 4.26. The van der Waals surface area contributed by atoms with Crippen LogP contribution in [0, 0.1) is 5.41 Å². The predicted octanol–water partition coefficient (Wildman–Crippen LogP) is 0.891. The van der Waals surface area contributed by atoms with Crippen LogP contribution >= 0.6 is 0 Å². The number of benzene rings is 1. The Labute approximate surface area is 112 Å². The van der Waals surface area contributed by atoms with E-state index in [1.807, 2.05) is 0 Å². The summed E-state index contributed by atoms with van der Waals surface area (Å²) in [6.07, 6.45) is 1.48. The number of hydrogen-bond acceptors (Lipinski definition) is 4. The van der Waals surface area contributed by atoms with Gasteiger partial charge in [-0.15, -0.1) is 0 Å². The highest BCUT2D eigenvalue weighted by Gasteiger charge is 2.23. The monoisotopic (exact) mass is 283 g/mol. The van der Waals surface area contributed by atoms with E-state index in [0.717, 1.165) is 12.8 Å². The summed E-state index contributed by atoms with van der Waals surface area (Å²) in [5.41, 5.74) is 6.35. The molecule has 0 radical (unpaired) electrons. The summed E-state index contributed by atoms with van der Waals surface area (Å²) in [7, 11) is -3.41. The number of ether oxygens (including phenoxy) is 1. The van der Waals surface area contributed by atoms with Crippen LogP contribution in [0.3, 0.4) is 0 Å². The van der Waals surface area contributed by atoms with Crippen LogP contribution in [0.25, 0.3) is 0 Å². The first kappa shape index (κ1) is 13.8. The fourth-order valence-corrected chi connectivity index (χ4v) is 3.29. The second-order valence-electron chi connectivity index (χ2n) is 4.51. The van der Waals surface area contributed by atoms with Crippen molar-refractivity contribution in [2.24, 2.45) is 5.73 Å². The van der Waals surface area contributed by atoms with Gasteiger partial charge in [0.2, 0.25) is 10.0 Å². The first-order valence-corrected chi connectivity index (χ1v) is 7.68. The van der Waals surface area contributed by atoms with Gasteiger partial charge in [-0.05, 0) is 37.1 Å². The molecule has 0 amide bonds. The number of nitrogens with one attached hydrogen (secondary N) is 2. The molecular formula is C12H17N3O3S. The van der Waals surface area contributed by atoms with Crippen molar-refractivity contribution in [2.45, 2.75) is 18.9 Å². The Morgan fingerprint density at radius 2 is 2.11 bits per heavy atom. The fraction of sp³-hybridized carbons (Fsp3) is 0.417. The maximum atomic E-state index is 11.9. The third kappa shape index (κ3) is 3.93. The average molecular weight is 283 g/mol. The lowest BCUT2D eigenvalue weighted by Crippen LogP contribution is -2.25. The molecule has 7 heteroatoms. The number of amidine groups is 1. The molecule has 1 aliphatic rings. The van der Waals surface area contributed by atoms with Gasteiger partial charge >= 0.3 is 0 Å². The molecule has 1 aliphatic heterocycles. The van der Waals surface area contributed by atoms with Crippen LogP contribution < -0.4 is 10.5 Å². The SMILES string of the molecule is N=C(N)c1ccc(NS(=O)(=O)CC2CCCO2)cc1. The molecule has 104 valence electrons. The molecule has 1 saturated heterocycles. The number of sulfonamides is 1. The number of anilines is 1. The van der Waals surface area contributed by atoms with Crippen LogP contribution in [0.5, 0.6) is 0 Å². The predicted molar refractivity (Wildman–Crippen MR) is 73.8 cm³/mol. The molecule has 1 atom stereocenters. The van der Waals surface area contributed by atoms with Gasteiger partial charge < -0.3 is 10.5 Å². The van der Waals surface area contributed by atoms with Gasteiger partial charge in [0.25, 0.3) is 0 Å². The van der Waals surface area contributed by atoms with Gasteiger partial charge in [0.05, 0.1) is 11.9 Å². The van der Waals surface area contributed by atoms with Crippen molar-refractivity contribution in [1.29, 1.82) is 5.41 Å². The van der Waals surface area contributed by atoms with E-state index in [1.165, 1.54) is 0 Å². The van der Waals surface area contributed by atoms with Gasteiger partial charge in [-0.25, -0.2) is 8.42 Å². The lowest BCUT2D eigenvalue weighted by Gasteiger charge is -2.12. The Bertz CT molecular complexity index is 548. The molecule has 0 aromatic heterocycles. The van der Waals surface area contributed by atoms with Crippen LogP contribution in [0.2, 0.25) is 0 Å². The first-order chi connectivity index (χ1) is 8.96. The summed E-state index contributed by atoms with van der Waals surface area (Å²) in [5, 5.41) is 7.26. The third-order valence-electron chi connectivity index (χ3n) is 2.90. The van der Waals surface area contributed by atoms with E-state index >= 15 is 0 Å². The van der Waals surface area contributed by atoms with Crippen LogP contribution in [0.15, 0.2) is 24.3 Å². The Morgan fingerprint density at radius 1 is 1.42 bits per heavy atom. The van der Waals surface area contributed by atoms with E-state index in [0.29, 0.717) is 17.9 Å². The van der Waals surface area contributed by atoms with Crippen LogP contribution in [0.4, 0.5) is 5.69 Å². The maximum Gasteiger partial charge on any atom is 0.235 e. The van der Waals surface area contributed by atoms with E-state index in [4.69, 9.17) is 15.9 Å². The molecule has 1 fully saturated rings. The van der Waals surface area contributed by atoms with Crippen LogP contribution in [-0.2, 0) is 14.8 Å². The van der Waals surface area contributed by atoms with Crippen molar-refractivity contribution >= 4 is 21.5 Å². The number of hydrogen-bond donors (Lipinski definition) is 3. The van der Waals surface area contributed by atoms with E-state index in [2.05, 4.69) is 4.72 Å². The minimum absolute atomic E-state index is 0.0263. The quantitative estimate of drug-likeness (QED) is 0.551. The highest BCUT2D eigenvalue weighted by molar-refractivity contribution is 7.92. The van der Waals surface area contributed by atoms with E-state index in [9.17, 15) is 8.42 Å². The smallest absolute Gasteiger partial charge is 0.235 e. The summed E-state index contributed by atoms with van der Waals surface area (Å²) >= 11 is 0. The molecule has 2 rings (SSSR count). The second-order valence-corrected chi connectivity index (χ2v) is 6.28. The van der Waals surface area contributed by atoms with Crippen molar-refractivity contribution < 1.29 is 13.2 Å². The standard InChI is InChI=1S/C12H17N3O3S/c13-12(14)9-3-5-10(6-4-9)15-19(16,17)8-11-2-1-7-18-11/h3-6,11,15H,1-2,7-8H2,(H3,13,14). The summed E-state index contributed by atoms with van der Waals surface area (Å²) in [6.45, 7) is 0.632. The molecule has 1 aromatic rings. The zero-order chi connectivity index (χ0) is 13.9. The molecule has 0 spiro atoms. The normalized spacial score (nSPS) is 19.3. The van der Waals surface area contributed by atoms with E-state index in [1.54, 1.807) is 24.3 Å². The van der Waals surface area contributed by atoms with Gasteiger partial charge in [0.15, 0.2) is 0 Å². The topological polar surface area (TPSA) is 105 Å². The van der Waals surface area contributed by atoms with E-state index in [-0.39, 0.29) is 17.7 Å². The molecule has 0 saturated carbocycles. The van der Waals surface area contributed by atoms with Gasteiger partial charge in [0, 0.05) is 17.9 Å². The summed E-state index contributed by atoms with van der Waals surface area (Å²) < 4.78 is 31.6. The first-order valence-electron chi connectivity index (χ1n) is 6.03. The van der Waals surface area contributed by atoms with Gasteiger partial charge in [-0.1, -0.05) is 0 Å². The van der Waals surface area contributed by atoms with Gasteiger partial charge in [-0.2, -0.15) is 0 Å². The van der Waals surface area contributed by atoms with Gasteiger partial charge in [0.1, 0.15) is 5.84 Å². The van der Waals surface area contributed by atoms with Crippen molar-refractivity contribution in [3.05, 3.63) is 29.8 Å². The minimum atomic E-state index is -3.41. The number of nitrogens with two attached hydrogens (primary N) is 1. The molecule has 1 unspecified atom stereocenters. The molecule has 19 heavy (non-hydrogen) atoms. The van der Waals surface area contributed by atoms with Gasteiger partial charge in [-0.3, -0.25) is 10.1 Å². The zero-order valence-corrected chi connectivity index (χ0v) is 11.2. The maximum absolute atomic E-state index is 11.9. The number of rotatable bonds is 5. The molecule has 4 N–H and O–H groups in total. The van der Waals surface area contributed by atoms with Crippen molar-refractivity contribution in [1.82, 2.24) is 0 Å². The molecular weight excluding hydrogens is 266 g/mol. The Morgan fingerprint density at radius 3 is 2.63 bits per heavy atom. The lowest BCUT2D eigenvalue weighted by atomic mass is 10.2. The molecule has 0 aliphatic carbocycles. The molecule has 6 nitrogen and oxygen atoms in total. The van der Waals surface area contributed by atoms with Crippen molar-refractivity contribution in [2.75, 3.05) is 17.1 Å². The zero-order valence-electron chi connectivity index (χ0n) is 10.4. The van der Waals surface area contributed by atoms with Crippen molar-refractivity contribution in [3.63, 3.8) is 0 Å². The fourth-order valence-electron chi connectivity index (χ4n) is 1.96. The summed E-state index contributed by atoms with van der Waals surface area (Å²) in [5.74, 6) is -0.0738. The lowest BCUT2D eigenvalue weighted by molar-refractivity contribution is 0.127. The average Bonchev–Trinajstić information content (AvgIpc) is 2.81. The van der Waals surface area contributed by atoms with E-state index < -0.39 is 10.0 Å². The largest absolute Gasteiger partial charge is 0.384 e. The molecule has 0 bridgehead atoms. The Balaban J connectivity index is 2.00. The Hall–Kier alpha value is -1.60.